The second-order valence-corrected chi connectivity index (χ2v) is 8.55. The van der Waals surface area contributed by atoms with Crippen LogP contribution in [0.2, 0.25) is 0 Å². The second-order valence-electron chi connectivity index (χ2n) is 8.55. The lowest BCUT2D eigenvalue weighted by Gasteiger charge is -2.47. The smallest absolute Gasteiger partial charge is 0.223 e. The number of nitrogens with zero attached hydrogens (tertiary/aromatic N) is 1. The molecular weight excluding hydrogens is 305 g/mol. The number of carbonyl (C=O) groups is 1. The molecule has 5 atom stereocenters. The number of amides is 1. The van der Waals surface area contributed by atoms with Gasteiger partial charge in [0.25, 0.3) is 0 Å². The zero-order chi connectivity index (χ0) is 16.5. The zero-order valence-electron chi connectivity index (χ0n) is 13.8. The molecule has 3 nitrogen and oxygen atoms in total. The first-order valence-electron chi connectivity index (χ1n) is 9.28. The normalized spacial score (nSPS) is 40.2. The van der Waals surface area contributed by atoms with E-state index in [1.54, 1.807) is 17.0 Å². The van der Waals surface area contributed by atoms with Gasteiger partial charge in [-0.3, -0.25) is 4.79 Å². The van der Waals surface area contributed by atoms with Crippen molar-refractivity contribution in [3.63, 3.8) is 0 Å². The topological polar surface area (TPSA) is 40.5 Å². The van der Waals surface area contributed by atoms with Gasteiger partial charge < -0.3 is 10.0 Å². The maximum absolute atomic E-state index is 13.5. The van der Waals surface area contributed by atoms with Gasteiger partial charge in [0.1, 0.15) is 5.82 Å². The van der Waals surface area contributed by atoms with E-state index in [0.717, 1.165) is 17.4 Å². The van der Waals surface area contributed by atoms with E-state index in [1.807, 2.05) is 12.1 Å². The maximum Gasteiger partial charge on any atom is 0.223 e. The van der Waals surface area contributed by atoms with Gasteiger partial charge in [0.2, 0.25) is 5.91 Å². The van der Waals surface area contributed by atoms with Crippen molar-refractivity contribution in [1.29, 1.82) is 0 Å². The molecule has 5 fully saturated rings. The summed E-state index contributed by atoms with van der Waals surface area (Å²) in [5.74, 6) is 2.67. The molecule has 5 aliphatic rings. The van der Waals surface area contributed by atoms with Gasteiger partial charge in [-0.2, -0.15) is 0 Å². The standard InChI is InChI=1S/C20H24FNO2/c21-16-3-1-14(2-4-16)20(9-19(24)22-10-17(23)11-22)15-6-12-5-13(8-15)18(20)7-12/h1-4,12-13,15,17-18,23H,5-11H2/t12?,13?,15?,18?,20-/m0/s1. The summed E-state index contributed by atoms with van der Waals surface area (Å²) >= 11 is 0. The summed E-state index contributed by atoms with van der Waals surface area (Å²) in [5, 5.41) is 9.51. The molecular formula is C20H24FNO2. The van der Waals surface area contributed by atoms with Gasteiger partial charge in [-0.15, -0.1) is 0 Å². The van der Waals surface area contributed by atoms with Crippen molar-refractivity contribution in [2.45, 2.75) is 43.6 Å². The molecule has 4 aliphatic carbocycles. The number of hydrogen-bond acceptors (Lipinski definition) is 2. The summed E-state index contributed by atoms with van der Waals surface area (Å²) in [6, 6.07) is 6.93. The molecule has 4 saturated carbocycles. The van der Waals surface area contributed by atoms with E-state index >= 15 is 0 Å². The minimum Gasteiger partial charge on any atom is -0.389 e. The first-order chi connectivity index (χ1) is 11.6. The van der Waals surface area contributed by atoms with Gasteiger partial charge in [-0.25, -0.2) is 4.39 Å². The lowest BCUT2D eigenvalue weighted by molar-refractivity contribution is -0.144. The average Bonchev–Trinajstić information content (AvgIpc) is 2.93. The molecule has 24 heavy (non-hydrogen) atoms. The lowest BCUT2D eigenvalue weighted by atomic mass is 9.59. The van der Waals surface area contributed by atoms with Crippen molar-refractivity contribution < 1.29 is 14.3 Å². The van der Waals surface area contributed by atoms with Gasteiger partial charge in [0, 0.05) is 24.9 Å². The minimum absolute atomic E-state index is 0.108. The molecule has 1 aromatic carbocycles. The van der Waals surface area contributed by atoms with E-state index in [1.165, 1.54) is 25.7 Å². The lowest BCUT2D eigenvalue weighted by Crippen LogP contribution is -2.56. The van der Waals surface area contributed by atoms with E-state index in [0.29, 0.717) is 31.3 Å². The van der Waals surface area contributed by atoms with Crippen molar-refractivity contribution in [3.8, 4) is 0 Å². The largest absolute Gasteiger partial charge is 0.389 e. The highest BCUT2D eigenvalue weighted by molar-refractivity contribution is 5.79. The summed E-state index contributed by atoms with van der Waals surface area (Å²) in [5.41, 5.74) is 1.05. The third-order valence-electron chi connectivity index (χ3n) is 7.43. The van der Waals surface area contributed by atoms with Crippen LogP contribution in [0.1, 0.15) is 37.7 Å². The number of aliphatic hydroxyl groups excluding tert-OH is 1. The number of benzene rings is 1. The zero-order valence-corrected chi connectivity index (χ0v) is 13.8. The molecule has 4 heteroatoms. The molecule has 0 spiro atoms. The maximum atomic E-state index is 13.5. The third kappa shape index (κ3) is 1.95. The predicted octanol–water partition coefficient (Wildman–Crippen LogP) is 2.72. The Morgan fingerprint density at radius 2 is 1.92 bits per heavy atom. The van der Waals surface area contributed by atoms with Gasteiger partial charge in [-0.05, 0) is 67.1 Å². The monoisotopic (exact) mass is 329 g/mol. The Labute approximate surface area is 141 Å². The van der Waals surface area contributed by atoms with Crippen molar-refractivity contribution in [1.82, 2.24) is 4.90 Å². The van der Waals surface area contributed by atoms with Crippen molar-refractivity contribution in [2.75, 3.05) is 13.1 Å². The first-order valence-corrected chi connectivity index (χ1v) is 9.28. The van der Waals surface area contributed by atoms with Crippen molar-refractivity contribution in [2.24, 2.45) is 23.7 Å². The Kier molecular flexibility index (Phi) is 3.13. The molecule has 1 aliphatic heterocycles. The highest BCUT2D eigenvalue weighted by atomic mass is 19.1. The number of rotatable bonds is 3. The molecule has 4 unspecified atom stereocenters. The summed E-state index contributed by atoms with van der Waals surface area (Å²) in [6.45, 7) is 0.944. The van der Waals surface area contributed by atoms with Crippen molar-refractivity contribution in [3.05, 3.63) is 35.6 Å². The third-order valence-corrected chi connectivity index (χ3v) is 7.43. The number of halogens is 1. The fourth-order valence-corrected chi connectivity index (χ4v) is 6.52. The molecule has 0 aromatic heterocycles. The fraction of sp³-hybridized carbons (Fsp3) is 0.650. The van der Waals surface area contributed by atoms with Crippen LogP contribution in [0.3, 0.4) is 0 Å². The number of likely N-dealkylation sites (tertiary alicyclic amines) is 1. The quantitative estimate of drug-likeness (QED) is 0.926. The van der Waals surface area contributed by atoms with E-state index in [2.05, 4.69) is 0 Å². The van der Waals surface area contributed by atoms with Crippen LogP contribution in [0.15, 0.2) is 24.3 Å². The van der Waals surface area contributed by atoms with E-state index in [-0.39, 0.29) is 23.2 Å². The molecule has 1 aromatic rings. The molecule has 0 radical (unpaired) electrons. The Balaban J connectivity index is 1.52. The van der Waals surface area contributed by atoms with Crippen LogP contribution in [-0.4, -0.2) is 35.1 Å². The molecule has 1 amide bonds. The summed E-state index contributed by atoms with van der Waals surface area (Å²) in [6.07, 6.45) is 5.18. The highest BCUT2D eigenvalue weighted by Crippen LogP contribution is 2.68. The van der Waals surface area contributed by atoms with Gasteiger partial charge in [-0.1, -0.05) is 12.1 Å². The number of hydrogen-bond donors (Lipinski definition) is 1. The summed E-state index contributed by atoms with van der Waals surface area (Å²) in [7, 11) is 0. The Bertz CT molecular complexity index is 665. The fourth-order valence-electron chi connectivity index (χ4n) is 6.52. The Morgan fingerprint density at radius 1 is 1.17 bits per heavy atom. The van der Waals surface area contributed by atoms with Crippen LogP contribution >= 0.6 is 0 Å². The van der Waals surface area contributed by atoms with Crippen LogP contribution in [-0.2, 0) is 10.2 Å². The average molecular weight is 329 g/mol. The Hall–Kier alpha value is -1.42. The van der Waals surface area contributed by atoms with E-state index in [4.69, 9.17) is 0 Å². The molecule has 4 bridgehead atoms. The van der Waals surface area contributed by atoms with E-state index < -0.39 is 0 Å². The number of aliphatic hydroxyl groups is 1. The second kappa shape index (κ2) is 5.04. The SMILES string of the molecule is O=C(C[C@]1(c2ccc(F)cc2)C2CC3CC(C2)C1C3)N1CC(O)C1. The molecule has 1 heterocycles. The molecule has 1 N–H and O–H groups in total. The Morgan fingerprint density at radius 3 is 2.58 bits per heavy atom. The van der Waals surface area contributed by atoms with Crippen LogP contribution in [0.4, 0.5) is 4.39 Å². The summed E-state index contributed by atoms with van der Waals surface area (Å²) in [4.78, 5) is 14.7. The first kappa shape index (κ1) is 14.9. The van der Waals surface area contributed by atoms with Crippen LogP contribution in [0.25, 0.3) is 0 Å². The molecule has 1 saturated heterocycles. The van der Waals surface area contributed by atoms with Crippen molar-refractivity contribution >= 4 is 5.91 Å². The van der Waals surface area contributed by atoms with Gasteiger partial charge in [0.15, 0.2) is 0 Å². The number of β-amino-alcohol motifs (C(OH)–C–C–N with tert-alkyl or cyclic N) is 1. The summed E-state index contributed by atoms with van der Waals surface area (Å²) < 4.78 is 13.5. The van der Waals surface area contributed by atoms with Crippen LogP contribution < -0.4 is 0 Å². The predicted molar refractivity (Wildman–Crippen MR) is 87.7 cm³/mol. The van der Waals surface area contributed by atoms with Gasteiger partial charge >= 0.3 is 0 Å². The van der Waals surface area contributed by atoms with E-state index in [9.17, 15) is 14.3 Å². The van der Waals surface area contributed by atoms with Crippen LogP contribution in [0, 0.1) is 29.5 Å². The molecule has 6 rings (SSSR count). The van der Waals surface area contributed by atoms with Crippen LogP contribution in [0.5, 0.6) is 0 Å². The number of carbonyl (C=O) groups excluding carboxylic acids is 1. The van der Waals surface area contributed by atoms with Gasteiger partial charge in [0.05, 0.1) is 6.10 Å². The highest BCUT2D eigenvalue weighted by Gasteiger charge is 2.63. The molecule has 128 valence electrons. The minimum atomic E-state index is -0.355.